The van der Waals surface area contributed by atoms with Crippen LogP contribution in [0.3, 0.4) is 0 Å². The normalized spacial score (nSPS) is 17.3. The van der Waals surface area contributed by atoms with Gasteiger partial charge in [0.25, 0.3) is 0 Å². The Morgan fingerprint density at radius 2 is 2.33 bits per heavy atom. The number of rotatable bonds is 0. The number of nitrogens with two attached hydrogens (primary N) is 1. The van der Waals surface area contributed by atoms with Crippen LogP contribution in [-0.4, -0.2) is 11.9 Å². The number of hydrogen-bond donors (Lipinski definition) is 1. The highest BCUT2D eigenvalue weighted by Gasteiger charge is 2.01. The Kier molecular flexibility index (Phi) is 1.33. The molecule has 0 fully saturated rings. The number of nitrogens with zero attached hydrogens (tertiary/aromatic N) is 1. The predicted molar refractivity (Wildman–Crippen MR) is 37.3 cm³/mol. The molecule has 9 heavy (non-hydrogen) atoms. The van der Waals surface area contributed by atoms with Gasteiger partial charge >= 0.3 is 0 Å². The molecular weight excluding hydrogens is 112 g/mol. The second-order valence-electron chi connectivity index (χ2n) is 2.05. The SMILES string of the molecule is CC1=C=CC=C(N)N1C. The van der Waals surface area contributed by atoms with Crippen LogP contribution in [0.2, 0.25) is 0 Å². The molecule has 1 heterocycles. The molecule has 0 aromatic carbocycles. The Hall–Kier alpha value is -1.14. The summed E-state index contributed by atoms with van der Waals surface area (Å²) in [6.45, 7) is 1.97. The fourth-order valence-corrected chi connectivity index (χ4v) is 0.650. The van der Waals surface area contributed by atoms with E-state index in [1.54, 1.807) is 0 Å². The third-order valence-corrected chi connectivity index (χ3v) is 1.44. The van der Waals surface area contributed by atoms with Gasteiger partial charge in [-0.25, -0.2) is 0 Å². The van der Waals surface area contributed by atoms with Crippen molar-refractivity contribution < 1.29 is 0 Å². The molecule has 0 saturated heterocycles. The van der Waals surface area contributed by atoms with Crippen LogP contribution < -0.4 is 5.73 Å². The van der Waals surface area contributed by atoms with Crippen LogP contribution >= 0.6 is 0 Å². The molecular formula is C7H10N2. The van der Waals surface area contributed by atoms with Crippen LogP contribution in [-0.2, 0) is 0 Å². The van der Waals surface area contributed by atoms with E-state index >= 15 is 0 Å². The van der Waals surface area contributed by atoms with Crippen molar-refractivity contribution in [3.63, 3.8) is 0 Å². The largest absolute Gasteiger partial charge is 0.385 e. The van der Waals surface area contributed by atoms with Crippen molar-refractivity contribution >= 4 is 0 Å². The molecule has 48 valence electrons. The maximum absolute atomic E-state index is 5.56. The summed E-state index contributed by atoms with van der Waals surface area (Å²) in [5.74, 6) is 0.770. The first kappa shape index (κ1) is 5.99. The minimum absolute atomic E-state index is 0.770. The van der Waals surface area contributed by atoms with Crippen molar-refractivity contribution in [3.8, 4) is 0 Å². The molecule has 0 bridgehead atoms. The average molecular weight is 122 g/mol. The van der Waals surface area contributed by atoms with E-state index in [9.17, 15) is 0 Å². The number of allylic oxidation sites excluding steroid dienone is 2. The quantitative estimate of drug-likeness (QED) is 0.481. The molecule has 2 N–H and O–H groups in total. The summed E-state index contributed by atoms with van der Waals surface area (Å²) in [6, 6.07) is 0. The Morgan fingerprint density at radius 1 is 1.67 bits per heavy atom. The molecule has 0 atom stereocenters. The van der Waals surface area contributed by atoms with E-state index in [-0.39, 0.29) is 0 Å². The van der Waals surface area contributed by atoms with Crippen molar-refractivity contribution in [2.45, 2.75) is 6.92 Å². The van der Waals surface area contributed by atoms with E-state index in [0.29, 0.717) is 0 Å². The van der Waals surface area contributed by atoms with E-state index < -0.39 is 0 Å². The number of hydrogen-bond acceptors (Lipinski definition) is 2. The van der Waals surface area contributed by atoms with Crippen molar-refractivity contribution in [1.29, 1.82) is 0 Å². The highest BCUT2D eigenvalue weighted by molar-refractivity contribution is 5.19. The third-order valence-electron chi connectivity index (χ3n) is 1.44. The van der Waals surface area contributed by atoms with Gasteiger partial charge in [-0.05, 0) is 19.1 Å². The first-order valence-corrected chi connectivity index (χ1v) is 2.84. The van der Waals surface area contributed by atoms with Gasteiger partial charge in [-0.1, -0.05) is 5.73 Å². The smallest absolute Gasteiger partial charge is 0.104 e. The lowest BCUT2D eigenvalue weighted by molar-refractivity contribution is 0.512. The first-order valence-electron chi connectivity index (χ1n) is 2.84. The highest BCUT2D eigenvalue weighted by atomic mass is 15.2. The Bertz CT molecular complexity index is 207. The fraction of sp³-hybridized carbons (Fsp3) is 0.286. The Labute approximate surface area is 55.0 Å². The van der Waals surface area contributed by atoms with Gasteiger partial charge < -0.3 is 10.6 Å². The van der Waals surface area contributed by atoms with Gasteiger partial charge in [-0.15, -0.1) is 0 Å². The van der Waals surface area contributed by atoms with Gasteiger partial charge in [-0.3, -0.25) is 0 Å². The van der Waals surface area contributed by atoms with Gasteiger partial charge in [0.05, 0.1) is 5.70 Å². The van der Waals surface area contributed by atoms with E-state index in [2.05, 4.69) is 5.73 Å². The summed E-state index contributed by atoms with van der Waals surface area (Å²) in [4.78, 5) is 1.89. The van der Waals surface area contributed by atoms with Crippen molar-refractivity contribution in [2.24, 2.45) is 5.73 Å². The molecule has 0 spiro atoms. The third kappa shape index (κ3) is 0.980. The van der Waals surface area contributed by atoms with Crippen LogP contribution in [0.5, 0.6) is 0 Å². The van der Waals surface area contributed by atoms with Crippen molar-refractivity contribution in [3.05, 3.63) is 29.4 Å². The highest BCUT2D eigenvalue weighted by Crippen LogP contribution is 2.06. The van der Waals surface area contributed by atoms with Crippen LogP contribution in [0.1, 0.15) is 6.92 Å². The van der Waals surface area contributed by atoms with Crippen LogP contribution in [0.4, 0.5) is 0 Å². The molecule has 0 aliphatic carbocycles. The average Bonchev–Trinajstić information content (AvgIpc) is 1.83. The van der Waals surface area contributed by atoms with Gasteiger partial charge in [0.1, 0.15) is 5.82 Å². The zero-order valence-electron chi connectivity index (χ0n) is 5.68. The Morgan fingerprint density at radius 3 is 2.78 bits per heavy atom. The van der Waals surface area contributed by atoms with Gasteiger partial charge in [0, 0.05) is 7.05 Å². The van der Waals surface area contributed by atoms with Gasteiger partial charge in [0.15, 0.2) is 0 Å². The van der Waals surface area contributed by atoms with E-state index in [0.717, 1.165) is 11.5 Å². The fourth-order valence-electron chi connectivity index (χ4n) is 0.650. The standard InChI is InChI=1S/C7H10N2/c1-6-4-3-5-7(8)9(6)2/h3,5H,8H2,1-2H3. The summed E-state index contributed by atoms with van der Waals surface area (Å²) >= 11 is 0. The summed E-state index contributed by atoms with van der Waals surface area (Å²) in [6.07, 6.45) is 3.65. The molecule has 0 radical (unpaired) electrons. The van der Waals surface area contributed by atoms with Crippen LogP contribution in [0.25, 0.3) is 0 Å². The van der Waals surface area contributed by atoms with Crippen molar-refractivity contribution in [1.82, 2.24) is 4.90 Å². The molecule has 0 aromatic rings. The zero-order valence-corrected chi connectivity index (χ0v) is 5.68. The van der Waals surface area contributed by atoms with Crippen molar-refractivity contribution in [2.75, 3.05) is 7.05 Å². The van der Waals surface area contributed by atoms with Gasteiger partial charge in [0.2, 0.25) is 0 Å². The van der Waals surface area contributed by atoms with E-state index in [4.69, 9.17) is 5.73 Å². The first-order chi connectivity index (χ1) is 4.22. The topological polar surface area (TPSA) is 29.3 Å². The molecule has 1 rings (SSSR count). The maximum atomic E-state index is 5.56. The lowest BCUT2D eigenvalue weighted by Gasteiger charge is -2.19. The monoisotopic (exact) mass is 122 g/mol. The van der Waals surface area contributed by atoms with E-state index in [1.807, 2.05) is 31.0 Å². The van der Waals surface area contributed by atoms with Crippen LogP contribution in [0, 0.1) is 0 Å². The molecule has 2 nitrogen and oxygen atoms in total. The zero-order chi connectivity index (χ0) is 6.85. The summed E-state index contributed by atoms with van der Waals surface area (Å²) < 4.78 is 0. The summed E-state index contributed by atoms with van der Waals surface area (Å²) in [5, 5.41) is 0. The minimum Gasteiger partial charge on any atom is -0.385 e. The molecule has 0 aromatic heterocycles. The van der Waals surface area contributed by atoms with E-state index in [1.165, 1.54) is 0 Å². The molecule has 1 aliphatic heterocycles. The molecule has 0 unspecified atom stereocenters. The maximum Gasteiger partial charge on any atom is 0.104 e. The van der Waals surface area contributed by atoms with Crippen LogP contribution in [0.15, 0.2) is 29.4 Å². The summed E-state index contributed by atoms with van der Waals surface area (Å²) in [5.41, 5.74) is 9.64. The predicted octanol–water partition coefficient (Wildman–Crippen LogP) is 0.791. The molecule has 2 heteroatoms. The minimum atomic E-state index is 0.770. The second kappa shape index (κ2) is 2.00. The lowest BCUT2D eigenvalue weighted by Crippen LogP contribution is -2.22. The second-order valence-corrected chi connectivity index (χ2v) is 2.05. The lowest BCUT2D eigenvalue weighted by atomic mass is 10.3. The molecule has 0 amide bonds. The summed E-state index contributed by atoms with van der Waals surface area (Å²) in [7, 11) is 1.92. The molecule has 0 saturated carbocycles. The Balaban J connectivity index is 2.96. The molecule has 1 aliphatic rings. The van der Waals surface area contributed by atoms with Gasteiger partial charge in [-0.2, -0.15) is 0 Å².